The fourth-order valence-corrected chi connectivity index (χ4v) is 4.78. The Kier molecular flexibility index (Phi) is 10.2. The van der Waals surface area contributed by atoms with Gasteiger partial charge in [-0.1, -0.05) is 53.7 Å². The first kappa shape index (κ1) is 29.9. The van der Waals surface area contributed by atoms with Crippen LogP contribution in [0.4, 0.5) is 5.69 Å². The van der Waals surface area contributed by atoms with E-state index in [2.05, 4.69) is 36.3 Å². The first-order chi connectivity index (χ1) is 19.7. The number of halogens is 1. The molecule has 0 aliphatic heterocycles. The number of likely N-dealkylation sites (N-methyl/N-ethyl adjacent to an activating group) is 1. The number of thioether (sulfide) groups is 1. The monoisotopic (exact) mass is 590 g/mol. The molecule has 41 heavy (non-hydrogen) atoms. The van der Waals surface area contributed by atoms with E-state index in [9.17, 15) is 9.59 Å². The number of rotatable bonds is 11. The zero-order chi connectivity index (χ0) is 29.4. The molecule has 2 amide bonds. The van der Waals surface area contributed by atoms with Crippen LogP contribution in [0, 0.1) is 13.8 Å². The van der Waals surface area contributed by atoms with Gasteiger partial charge >= 0.3 is 0 Å². The summed E-state index contributed by atoms with van der Waals surface area (Å²) in [7, 11) is 3.99. The van der Waals surface area contributed by atoms with Crippen molar-refractivity contribution in [1.82, 2.24) is 30.5 Å². The second kappa shape index (κ2) is 14.0. The van der Waals surface area contributed by atoms with E-state index in [1.807, 2.05) is 58.3 Å². The summed E-state index contributed by atoms with van der Waals surface area (Å²) in [5.74, 6) is -0.279. The lowest BCUT2D eigenvalue weighted by atomic mass is 10.1. The van der Waals surface area contributed by atoms with E-state index in [1.165, 1.54) is 23.4 Å². The van der Waals surface area contributed by atoms with Crippen molar-refractivity contribution in [1.29, 1.82) is 0 Å². The number of hydrogen-bond acceptors (Lipinski definition) is 8. The number of anilines is 1. The summed E-state index contributed by atoms with van der Waals surface area (Å²) >= 11 is 7.66. The van der Waals surface area contributed by atoms with Crippen molar-refractivity contribution in [3.8, 4) is 0 Å². The Hall–Kier alpha value is -4.06. The van der Waals surface area contributed by atoms with Crippen LogP contribution in [0.15, 0.2) is 70.9 Å². The highest BCUT2D eigenvalue weighted by atomic mass is 35.5. The van der Waals surface area contributed by atoms with Crippen molar-refractivity contribution in [2.45, 2.75) is 31.3 Å². The summed E-state index contributed by atoms with van der Waals surface area (Å²) in [6.45, 7) is 5.54. The number of hydrazone groups is 1. The van der Waals surface area contributed by atoms with Crippen LogP contribution >= 0.6 is 23.4 Å². The third-order valence-corrected chi connectivity index (χ3v) is 7.46. The van der Waals surface area contributed by atoms with Gasteiger partial charge in [0.15, 0.2) is 0 Å². The largest absolute Gasteiger partial charge is 0.321 e. The maximum atomic E-state index is 13.2. The van der Waals surface area contributed by atoms with Gasteiger partial charge in [-0.25, -0.2) is 10.1 Å². The first-order valence-corrected chi connectivity index (χ1v) is 14.2. The minimum atomic E-state index is -0.500. The summed E-state index contributed by atoms with van der Waals surface area (Å²) in [6.07, 6.45) is 1.57. The quantitative estimate of drug-likeness (QED) is 0.146. The van der Waals surface area contributed by atoms with E-state index in [0.717, 1.165) is 23.2 Å². The number of benzene rings is 3. The van der Waals surface area contributed by atoms with Crippen LogP contribution in [0.1, 0.15) is 43.0 Å². The second-order valence-electron chi connectivity index (χ2n) is 9.66. The van der Waals surface area contributed by atoms with Crippen molar-refractivity contribution in [3.05, 3.63) is 99.1 Å². The average Bonchev–Trinajstić information content (AvgIpc) is 3.41. The average molecular weight is 591 g/mol. The predicted molar refractivity (Wildman–Crippen MR) is 163 cm³/mol. The topological polar surface area (TPSA) is 117 Å². The van der Waals surface area contributed by atoms with Gasteiger partial charge in [-0.2, -0.15) is 5.10 Å². The molecule has 1 heterocycles. The van der Waals surface area contributed by atoms with Crippen LogP contribution in [0.3, 0.4) is 0 Å². The molecule has 0 bridgehead atoms. The molecule has 4 rings (SSSR count). The summed E-state index contributed by atoms with van der Waals surface area (Å²) in [5, 5.41) is 19.9. The van der Waals surface area contributed by atoms with Crippen LogP contribution in [0.2, 0.25) is 5.02 Å². The molecular weight excluding hydrogens is 560 g/mol. The summed E-state index contributed by atoms with van der Waals surface area (Å²) in [6, 6.07) is 17.9. The van der Waals surface area contributed by atoms with E-state index in [4.69, 9.17) is 11.6 Å². The number of nitrogens with zero attached hydrogens (tertiary/aromatic N) is 6. The van der Waals surface area contributed by atoms with Crippen molar-refractivity contribution in [3.63, 3.8) is 0 Å². The molecule has 212 valence electrons. The highest BCUT2D eigenvalue weighted by Crippen LogP contribution is 2.23. The molecule has 10 nitrogen and oxygen atoms in total. The smallest absolute Gasteiger partial charge is 0.273 e. The van der Waals surface area contributed by atoms with Crippen LogP contribution in [-0.2, 0) is 12.3 Å². The Balaban J connectivity index is 1.41. The van der Waals surface area contributed by atoms with Gasteiger partial charge in [-0.05, 0) is 91.0 Å². The summed E-state index contributed by atoms with van der Waals surface area (Å²) in [4.78, 5) is 28.2. The van der Waals surface area contributed by atoms with Gasteiger partial charge in [-0.3, -0.25) is 9.59 Å². The van der Waals surface area contributed by atoms with Crippen LogP contribution in [0.25, 0.3) is 0 Å². The zero-order valence-corrected chi connectivity index (χ0v) is 24.8. The molecule has 0 radical (unpaired) electrons. The van der Waals surface area contributed by atoms with Crippen molar-refractivity contribution in [2.24, 2.45) is 5.10 Å². The molecule has 4 aromatic rings. The number of nitrogens with one attached hydrogen (secondary N) is 2. The highest BCUT2D eigenvalue weighted by Gasteiger charge is 2.16. The lowest BCUT2D eigenvalue weighted by molar-refractivity contribution is 0.0956. The van der Waals surface area contributed by atoms with Gasteiger partial charge in [0.1, 0.15) is 0 Å². The molecule has 0 spiro atoms. The zero-order valence-electron chi connectivity index (χ0n) is 23.3. The van der Waals surface area contributed by atoms with Crippen molar-refractivity contribution in [2.75, 3.05) is 26.0 Å². The molecule has 12 heteroatoms. The third kappa shape index (κ3) is 8.46. The Labute approximate surface area is 248 Å². The minimum absolute atomic E-state index is 0.194. The highest BCUT2D eigenvalue weighted by molar-refractivity contribution is 7.98. The molecule has 2 N–H and O–H groups in total. The van der Waals surface area contributed by atoms with Gasteiger partial charge in [0, 0.05) is 22.9 Å². The number of hydrogen-bond donors (Lipinski definition) is 2. The molecule has 0 aliphatic rings. The SMILES string of the molecule is Cc1ccc(/C=N/NC(=O)c2cc(Cl)ccc2NC(=O)c2cccc(CSc3nnnn3CCN(C)C)c2)cc1C. The Morgan fingerprint density at radius 2 is 1.88 bits per heavy atom. The number of carbonyl (C=O) groups is 2. The van der Waals surface area contributed by atoms with Crippen LogP contribution in [0.5, 0.6) is 0 Å². The van der Waals surface area contributed by atoms with Crippen molar-refractivity contribution < 1.29 is 9.59 Å². The Morgan fingerprint density at radius 3 is 2.66 bits per heavy atom. The number of tetrazole rings is 1. The van der Waals surface area contributed by atoms with E-state index < -0.39 is 5.91 Å². The number of amides is 2. The molecule has 0 saturated carbocycles. The summed E-state index contributed by atoms with van der Waals surface area (Å²) in [5.41, 5.74) is 7.57. The molecule has 0 saturated heterocycles. The lowest BCUT2D eigenvalue weighted by Gasteiger charge is -2.12. The maximum Gasteiger partial charge on any atom is 0.273 e. The van der Waals surface area contributed by atoms with Crippen LogP contribution in [-0.4, -0.2) is 63.8 Å². The second-order valence-corrected chi connectivity index (χ2v) is 11.0. The standard InChI is InChI=1S/C29H31ClN8O2S/c1-19-8-9-21(14-20(19)2)17-31-33-28(40)25-16-24(30)10-11-26(25)32-27(39)23-7-5-6-22(15-23)18-41-29-34-35-36-38(29)13-12-37(3)4/h5-11,14-17H,12-13,18H2,1-4H3,(H,32,39)(H,33,40)/b31-17+. The number of carbonyl (C=O) groups excluding carboxylic acids is 2. The van der Waals surface area contributed by atoms with Gasteiger partial charge in [0.05, 0.1) is 24.0 Å². The van der Waals surface area contributed by atoms with Crippen molar-refractivity contribution >= 4 is 47.1 Å². The molecule has 1 aromatic heterocycles. The molecule has 0 unspecified atom stereocenters. The molecule has 3 aromatic carbocycles. The van der Waals surface area contributed by atoms with Gasteiger partial charge in [-0.15, -0.1) is 5.10 Å². The molecule has 0 fully saturated rings. The fraction of sp³-hybridized carbons (Fsp3) is 0.241. The number of aromatic nitrogens is 4. The Morgan fingerprint density at radius 1 is 1.05 bits per heavy atom. The third-order valence-electron chi connectivity index (χ3n) is 6.20. The number of aryl methyl sites for hydroxylation is 2. The summed E-state index contributed by atoms with van der Waals surface area (Å²) < 4.78 is 1.76. The minimum Gasteiger partial charge on any atom is -0.321 e. The van der Waals surface area contributed by atoms with E-state index >= 15 is 0 Å². The van der Waals surface area contributed by atoms with E-state index in [-0.39, 0.29) is 11.5 Å². The normalized spacial score (nSPS) is 11.3. The maximum absolute atomic E-state index is 13.2. The molecule has 0 atom stereocenters. The Bertz CT molecular complexity index is 1570. The van der Waals surface area contributed by atoms with Gasteiger partial charge in [0.2, 0.25) is 5.16 Å². The lowest BCUT2D eigenvalue weighted by Crippen LogP contribution is -2.21. The van der Waals surface area contributed by atoms with Crippen LogP contribution < -0.4 is 10.7 Å². The van der Waals surface area contributed by atoms with E-state index in [0.29, 0.717) is 33.7 Å². The molecular formula is C29H31ClN8O2S. The van der Waals surface area contributed by atoms with Gasteiger partial charge < -0.3 is 10.2 Å². The van der Waals surface area contributed by atoms with Gasteiger partial charge in [0.25, 0.3) is 11.8 Å². The fourth-order valence-electron chi connectivity index (χ4n) is 3.76. The predicted octanol–water partition coefficient (Wildman–Crippen LogP) is 4.81. The molecule has 0 aliphatic carbocycles. The first-order valence-electron chi connectivity index (χ1n) is 12.8. The van der Waals surface area contributed by atoms with E-state index in [1.54, 1.807) is 35.2 Å².